The largest absolute Gasteiger partial charge is 0.508 e. The predicted octanol–water partition coefficient (Wildman–Crippen LogP) is 4.32. The molecule has 0 aromatic heterocycles. The summed E-state index contributed by atoms with van der Waals surface area (Å²) in [6, 6.07) is 14.4. The standard InChI is InChI=1S/C18H22N2O2/c1-4-20(14(3)15-6-5-7-17(21)12-15)18(22)19-16-10-8-13(2)9-11-16/h5-12,14,21H,4H2,1-3H3,(H,19,22). The molecule has 2 N–H and O–H groups in total. The number of nitrogens with one attached hydrogen (secondary N) is 1. The number of urea groups is 1. The fourth-order valence-corrected chi connectivity index (χ4v) is 2.39. The molecule has 4 heteroatoms. The lowest BCUT2D eigenvalue weighted by Gasteiger charge is -2.28. The van der Waals surface area contributed by atoms with Crippen LogP contribution in [0.5, 0.6) is 5.75 Å². The summed E-state index contributed by atoms with van der Waals surface area (Å²) in [7, 11) is 0. The van der Waals surface area contributed by atoms with E-state index in [1.165, 1.54) is 0 Å². The first-order valence-corrected chi connectivity index (χ1v) is 7.44. The Kier molecular flexibility index (Phi) is 5.04. The van der Waals surface area contributed by atoms with Gasteiger partial charge in [0.05, 0.1) is 6.04 Å². The van der Waals surface area contributed by atoms with Gasteiger partial charge in [-0.25, -0.2) is 4.79 Å². The first-order valence-electron chi connectivity index (χ1n) is 7.44. The molecule has 0 fully saturated rings. The van der Waals surface area contributed by atoms with Crippen LogP contribution < -0.4 is 5.32 Å². The lowest BCUT2D eigenvalue weighted by Crippen LogP contribution is -2.36. The molecule has 0 bridgehead atoms. The second-order valence-electron chi connectivity index (χ2n) is 5.35. The van der Waals surface area contributed by atoms with Crippen LogP contribution in [0.1, 0.15) is 31.0 Å². The highest BCUT2D eigenvalue weighted by atomic mass is 16.3. The van der Waals surface area contributed by atoms with Crippen LogP contribution in [-0.4, -0.2) is 22.6 Å². The van der Waals surface area contributed by atoms with Gasteiger partial charge in [-0.15, -0.1) is 0 Å². The van der Waals surface area contributed by atoms with Gasteiger partial charge in [0.2, 0.25) is 0 Å². The van der Waals surface area contributed by atoms with E-state index in [0.717, 1.165) is 16.8 Å². The Labute approximate surface area is 131 Å². The molecule has 0 heterocycles. The Balaban J connectivity index is 2.12. The fraction of sp³-hybridized carbons (Fsp3) is 0.278. The molecular weight excluding hydrogens is 276 g/mol. The van der Waals surface area contributed by atoms with Crippen molar-refractivity contribution in [2.24, 2.45) is 0 Å². The van der Waals surface area contributed by atoms with Crippen LogP contribution in [0.4, 0.5) is 10.5 Å². The van der Waals surface area contributed by atoms with Crippen molar-refractivity contribution >= 4 is 11.7 Å². The van der Waals surface area contributed by atoms with Crippen molar-refractivity contribution in [3.8, 4) is 5.75 Å². The maximum Gasteiger partial charge on any atom is 0.322 e. The lowest BCUT2D eigenvalue weighted by atomic mass is 10.1. The molecule has 0 radical (unpaired) electrons. The van der Waals surface area contributed by atoms with E-state index >= 15 is 0 Å². The monoisotopic (exact) mass is 298 g/mol. The van der Waals surface area contributed by atoms with Gasteiger partial charge in [0.25, 0.3) is 0 Å². The first kappa shape index (κ1) is 15.9. The Morgan fingerprint density at radius 3 is 2.50 bits per heavy atom. The number of hydrogen-bond donors (Lipinski definition) is 2. The van der Waals surface area contributed by atoms with Gasteiger partial charge in [0.15, 0.2) is 0 Å². The molecule has 2 amide bonds. The number of anilines is 1. The van der Waals surface area contributed by atoms with Gasteiger partial charge in [-0.05, 0) is 50.6 Å². The van der Waals surface area contributed by atoms with Gasteiger partial charge < -0.3 is 15.3 Å². The van der Waals surface area contributed by atoms with E-state index in [-0.39, 0.29) is 17.8 Å². The van der Waals surface area contributed by atoms with Crippen molar-refractivity contribution in [3.05, 3.63) is 59.7 Å². The normalized spacial score (nSPS) is 11.8. The molecule has 0 aliphatic rings. The summed E-state index contributed by atoms with van der Waals surface area (Å²) in [6.07, 6.45) is 0. The smallest absolute Gasteiger partial charge is 0.322 e. The average Bonchev–Trinajstić information content (AvgIpc) is 2.50. The van der Waals surface area contributed by atoms with Crippen molar-refractivity contribution in [2.45, 2.75) is 26.8 Å². The third kappa shape index (κ3) is 3.79. The van der Waals surface area contributed by atoms with E-state index in [4.69, 9.17) is 0 Å². The van der Waals surface area contributed by atoms with Gasteiger partial charge in [-0.1, -0.05) is 29.8 Å². The zero-order chi connectivity index (χ0) is 16.1. The molecule has 0 saturated carbocycles. The number of benzene rings is 2. The van der Waals surface area contributed by atoms with Crippen LogP contribution in [0, 0.1) is 6.92 Å². The zero-order valence-corrected chi connectivity index (χ0v) is 13.2. The van der Waals surface area contributed by atoms with Crippen molar-refractivity contribution < 1.29 is 9.90 Å². The number of nitrogens with zero attached hydrogens (tertiary/aromatic N) is 1. The van der Waals surface area contributed by atoms with Crippen LogP contribution in [0.25, 0.3) is 0 Å². The molecule has 0 saturated heterocycles. The third-order valence-corrected chi connectivity index (χ3v) is 3.72. The van der Waals surface area contributed by atoms with Crippen LogP contribution in [0.15, 0.2) is 48.5 Å². The minimum Gasteiger partial charge on any atom is -0.508 e. The van der Waals surface area contributed by atoms with E-state index in [9.17, 15) is 9.90 Å². The highest BCUT2D eigenvalue weighted by Crippen LogP contribution is 2.24. The van der Waals surface area contributed by atoms with Gasteiger partial charge in [0.1, 0.15) is 5.75 Å². The van der Waals surface area contributed by atoms with Gasteiger partial charge in [-0.2, -0.15) is 0 Å². The van der Waals surface area contributed by atoms with E-state index in [1.54, 1.807) is 23.1 Å². The summed E-state index contributed by atoms with van der Waals surface area (Å²) in [5, 5.41) is 12.5. The number of amides is 2. The Bertz CT molecular complexity index is 638. The molecule has 2 aromatic carbocycles. The molecule has 2 aromatic rings. The second kappa shape index (κ2) is 6.98. The van der Waals surface area contributed by atoms with Crippen LogP contribution in [0.2, 0.25) is 0 Å². The topological polar surface area (TPSA) is 52.6 Å². The lowest BCUT2D eigenvalue weighted by molar-refractivity contribution is 0.197. The van der Waals surface area contributed by atoms with Gasteiger partial charge in [-0.3, -0.25) is 0 Å². The van der Waals surface area contributed by atoms with Gasteiger partial charge in [0, 0.05) is 12.2 Å². The summed E-state index contributed by atoms with van der Waals surface area (Å²) < 4.78 is 0. The molecule has 1 unspecified atom stereocenters. The molecule has 0 aliphatic carbocycles. The number of carbonyl (C=O) groups is 1. The van der Waals surface area contributed by atoms with Crippen molar-refractivity contribution in [2.75, 3.05) is 11.9 Å². The average molecular weight is 298 g/mol. The number of phenolic OH excluding ortho intramolecular Hbond substituents is 1. The van der Waals surface area contributed by atoms with E-state index < -0.39 is 0 Å². The number of carbonyl (C=O) groups excluding carboxylic acids is 1. The number of phenols is 1. The fourth-order valence-electron chi connectivity index (χ4n) is 2.39. The molecular formula is C18H22N2O2. The Hall–Kier alpha value is -2.49. The van der Waals surface area contributed by atoms with E-state index in [1.807, 2.05) is 51.1 Å². The van der Waals surface area contributed by atoms with Gasteiger partial charge >= 0.3 is 6.03 Å². The molecule has 0 spiro atoms. The van der Waals surface area contributed by atoms with Crippen LogP contribution in [0.3, 0.4) is 0 Å². The molecule has 1 atom stereocenters. The van der Waals surface area contributed by atoms with Crippen molar-refractivity contribution in [3.63, 3.8) is 0 Å². The number of rotatable bonds is 4. The van der Waals surface area contributed by atoms with E-state index in [2.05, 4.69) is 5.32 Å². The highest BCUT2D eigenvalue weighted by Gasteiger charge is 2.20. The maximum absolute atomic E-state index is 12.5. The van der Waals surface area contributed by atoms with Crippen LogP contribution >= 0.6 is 0 Å². The van der Waals surface area contributed by atoms with E-state index in [0.29, 0.717) is 6.54 Å². The summed E-state index contributed by atoms with van der Waals surface area (Å²) >= 11 is 0. The summed E-state index contributed by atoms with van der Waals surface area (Å²) in [4.78, 5) is 14.2. The number of aromatic hydroxyl groups is 1. The highest BCUT2D eigenvalue weighted by molar-refractivity contribution is 5.89. The Morgan fingerprint density at radius 2 is 1.91 bits per heavy atom. The summed E-state index contributed by atoms with van der Waals surface area (Å²) in [6.45, 7) is 6.48. The van der Waals surface area contributed by atoms with Crippen molar-refractivity contribution in [1.29, 1.82) is 0 Å². The third-order valence-electron chi connectivity index (χ3n) is 3.72. The minimum absolute atomic E-state index is 0.123. The van der Waals surface area contributed by atoms with Crippen LogP contribution in [-0.2, 0) is 0 Å². The quantitative estimate of drug-likeness (QED) is 0.883. The second-order valence-corrected chi connectivity index (χ2v) is 5.35. The number of aryl methyl sites for hydroxylation is 1. The zero-order valence-electron chi connectivity index (χ0n) is 13.2. The number of hydrogen-bond acceptors (Lipinski definition) is 2. The molecule has 4 nitrogen and oxygen atoms in total. The summed E-state index contributed by atoms with van der Waals surface area (Å²) in [5.41, 5.74) is 2.83. The molecule has 0 aliphatic heterocycles. The molecule has 22 heavy (non-hydrogen) atoms. The Morgan fingerprint density at radius 1 is 1.23 bits per heavy atom. The maximum atomic E-state index is 12.5. The molecule has 116 valence electrons. The first-order chi connectivity index (χ1) is 10.5. The minimum atomic E-state index is -0.151. The molecule has 2 rings (SSSR count). The SMILES string of the molecule is CCN(C(=O)Nc1ccc(C)cc1)C(C)c1cccc(O)c1. The summed E-state index contributed by atoms with van der Waals surface area (Å²) in [5.74, 6) is 0.208. The predicted molar refractivity (Wildman–Crippen MR) is 89.1 cm³/mol. The van der Waals surface area contributed by atoms with Crippen molar-refractivity contribution in [1.82, 2.24) is 4.90 Å².